The van der Waals surface area contributed by atoms with Crippen LogP contribution in [0, 0.1) is 12.8 Å². The first-order valence-corrected chi connectivity index (χ1v) is 14.9. The van der Waals surface area contributed by atoms with Gasteiger partial charge in [0.05, 0.1) is 11.5 Å². The smallest absolute Gasteiger partial charge is 0.262 e. The van der Waals surface area contributed by atoms with E-state index in [-0.39, 0.29) is 17.4 Å². The fraction of sp³-hybridized carbons (Fsp3) is 0.364. The van der Waals surface area contributed by atoms with E-state index in [0.717, 1.165) is 34.6 Å². The van der Waals surface area contributed by atoms with E-state index in [2.05, 4.69) is 54.4 Å². The first kappa shape index (κ1) is 27.2. The van der Waals surface area contributed by atoms with Crippen LogP contribution in [0.5, 0.6) is 11.5 Å². The highest BCUT2D eigenvalue weighted by molar-refractivity contribution is 8.05. The number of amides is 1. The Bertz CT molecular complexity index is 1310. The van der Waals surface area contributed by atoms with Gasteiger partial charge in [-0.1, -0.05) is 85.6 Å². The summed E-state index contributed by atoms with van der Waals surface area (Å²) in [6.45, 7) is 7.33. The number of rotatable bonds is 9. The van der Waals surface area contributed by atoms with Gasteiger partial charge in [-0.2, -0.15) is 0 Å². The Hall–Kier alpha value is -3.38. The van der Waals surface area contributed by atoms with E-state index in [1.54, 1.807) is 11.8 Å². The van der Waals surface area contributed by atoms with Crippen molar-refractivity contribution in [3.63, 3.8) is 0 Å². The Morgan fingerprint density at radius 2 is 1.79 bits per heavy atom. The van der Waals surface area contributed by atoms with Crippen LogP contribution in [0.2, 0.25) is 0 Å². The van der Waals surface area contributed by atoms with Crippen molar-refractivity contribution in [2.45, 2.75) is 64.6 Å². The largest absolute Gasteiger partial charge is 0.490 e. The van der Waals surface area contributed by atoms with Crippen molar-refractivity contribution >= 4 is 29.4 Å². The highest BCUT2D eigenvalue weighted by atomic mass is 32.2. The van der Waals surface area contributed by atoms with Crippen LogP contribution in [0.3, 0.4) is 0 Å². The zero-order valence-corrected chi connectivity index (χ0v) is 23.9. The van der Waals surface area contributed by atoms with Gasteiger partial charge in [0.15, 0.2) is 17.0 Å². The Morgan fingerprint density at radius 3 is 2.56 bits per heavy atom. The molecule has 0 bridgehead atoms. The molecule has 3 aromatic rings. The molecule has 5 rings (SSSR count). The predicted octanol–water partition coefficient (Wildman–Crippen LogP) is 7.86. The molecule has 2 fully saturated rings. The Morgan fingerprint density at radius 1 is 0.974 bits per heavy atom. The van der Waals surface area contributed by atoms with Crippen LogP contribution in [0.1, 0.15) is 56.2 Å². The normalized spacial score (nSPS) is 22.2. The Kier molecular flexibility index (Phi) is 8.82. The van der Waals surface area contributed by atoms with Gasteiger partial charge in [-0.05, 0) is 74.1 Å². The van der Waals surface area contributed by atoms with Crippen LogP contribution in [-0.4, -0.2) is 29.0 Å². The number of nitrogens with one attached hydrogen (secondary N) is 1. The number of nitrogens with zero attached hydrogens (tertiary/aromatic N) is 1. The zero-order chi connectivity index (χ0) is 27.2. The summed E-state index contributed by atoms with van der Waals surface area (Å²) in [4.78, 5) is 16.7. The van der Waals surface area contributed by atoms with E-state index in [9.17, 15) is 4.79 Å². The molecule has 1 aliphatic carbocycles. The maximum atomic E-state index is 13.9. The molecular formula is C33H38N2O3S. The Balaban J connectivity index is 1.39. The molecule has 3 atom stereocenters. The van der Waals surface area contributed by atoms with Crippen molar-refractivity contribution in [2.24, 2.45) is 5.92 Å². The highest BCUT2D eigenvalue weighted by Crippen LogP contribution is 2.42. The van der Waals surface area contributed by atoms with Crippen LogP contribution >= 0.6 is 11.8 Å². The summed E-state index contributed by atoms with van der Waals surface area (Å²) in [6, 6.07) is 24.6. The molecular weight excluding hydrogens is 504 g/mol. The van der Waals surface area contributed by atoms with E-state index >= 15 is 0 Å². The first-order valence-electron chi connectivity index (χ1n) is 14.0. The third-order valence-corrected chi connectivity index (χ3v) is 8.58. The summed E-state index contributed by atoms with van der Waals surface area (Å²) in [6.07, 6.45) is 6.62. The summed E-state index contributed by atoms with van der Waals surface area (Å²) < 4.78 is 12.1. The molecule has 1 aliphatic heterocycles. The lowest BCUT2D eigenvalue weighted by atomic mass is 9.85. The van der Waals surface area contributed by atoms with Gasteiger partial charge in [-0.15, -0.1) is 0 Å². The molecule has 204 valence electrons. The third-order valence-electron chi connectivity index (χ3n) is 7.47. The number of carbonyl (C=O) groups is 1. The number of para-hydroxylation sites is 1. The number of thioether (sulfide) groups is 1. The summed E-state index contributed by atoms with van der Waals surface area (Å²) in [5.41, 5.74) is 4.13. The zero-order valence-electron chi connectivity index (χ0n) is 23.1. The van der Waals surface area contributed by atoms with Crippen LogP contribution in [-0.2, 0) is 11.4 Å². The molecule has 39 heavy (non-hydrogen) atoms. The summed E-state index contributed by atoms with van der Waals surface area (Å²) in [5, 5.41) is 3.61. The van der Waals surface area contributed by atoms with Crippen molar-refractivity contribution in [3.05, 3.63) is 94.4 Å². The van der Waals surface area contributed by atoms with Gasteiger partial charge in [-0.25, -0.2) is 0 Å². The van der Waals surface area contributed by atoms with Crippen molar-refractivity contribution in [1.82, 2.24) is 4.90 Å². The number of benzene rings is 3. The molecule has 0 radical (unpaired) electrons. The van der Waals surface area contributed by atoms with E-state index in [0.29, 0.717) is 30.6 Å². The second-order valence-electron chi connectivity index (χ2n) is 10.4. The van der Waals surface area contributed by atoms with Crippen molar-refractivity contribution in [2.75, 3.05) is 11.9 Å². The standard InChI is InChI=1S/C33H38N2O3S/c1-4-37-30-20-25(17-18-29(30)38-22-26-13-10-11-23(2)19-26)21-31-32(36)35(28-16-9-8-12-24(28)3)33(39-31)34-27-14-6-5-7-15-27/h5-7,10-11,13-15,17-21,24,28,33-34H,4,8-9,12,16,22H2,1-3H3/b31-21-/t24-,28+,33?/m0/s1. The lowest BCUT2D eigenvalue weighted by Gasteiger charge is -2.39. The molecule has 0 aromatic heterocycles. The first-order chi connectivity index (χ1) is 19.0. The van der Waals surface area contributed by atoms with E-state index in [4.69, 9.17) is 9.47 Å². The lowest BCUT2D eigenvalue weighted by molar-refractivity contribution is -0.129. The van der Waals surface area contributed by atoms with Gasteiger partial charge < -0.3 is 19.7 Å². The van der Waals surface area contributed by atoms with Crippen molar-refractivity contribution in [1.29, 1.82) is 0 Å². The minimum atomic E-state index is -0.139. The van der Waals surface area contributed by atoms with Gasteiger partial charge in [0.1, 0.15) is 6.61 Å². The predicted molar refractivity (Wildman–Crippen MR) is 161 cm³/mol. The number of hydrogen-bond acceptors (Lipinski definition) is 5. The van der Waals surface area contributed by atoms with Gasteiger partial charge in [-0.3, -0.25) is 4.79 Å². The van der Waals surface area contributed by atoms with Gasteiger partial charge in [0.25, 0.3) is 5.91 Å². The average Bonchev–Trinajstić information content (AvgIpc) is 3.23. The SMILES string of the molecule is CCOc1cc(/C=C2\SC(Nc3ccccc3)N([C@@H]3CCCC[C@@H]3C)C2=O)ccc1OCc1cccc(C)c1. The average molecular weight is 543 g/mol. The van der Waals surface area contributed by atoms with Crippen molar-refractivity contribution < 1.29 is 14.3 Å². The molecule has 1 saturated carbocycles. The summed E-state index contributed by atoms with van der Waals surface area (Å²) in [5.74, 6) is 1.97. The quantitative estimate of drug-likeness (QED) is 0.279. The fourth-order valence-corrected chi connectivity index (χ4v) is 6.70. The molecule has 1 saturated heterocycles. The molecule has 5 nitrogen and oxygen atoms in total. The monoisotopic (exact) mass is 542 g/mol. The third kappa shape index (κ3) is 6.62. The highest BCUT2D eigenvalue weighted by Gasteiger charge is 2.42. The van der Waals surface area contributed by atoms with Crippen LogP contribution < -0.4 is 14.8 Å². The second-order valence-corrected chi connectivity index (χ2v) is 11.6. The van der Waals surface area contributed by atoms with Gasteiger partial charge in [0, 0.05) is 11.7 Å². The summed E-state index contributed by atoms with van der Waals surface area (Å²) in [7, 11) is 0. The van der Waals surface area contributed by atoms with Gasteiger partial charge in [0.2, 0.25) is 0 Å². The maximum Gasteiger partial charge on any atom is 0.262 e. The topological polar surface area (TPSA) is 50.8 Å². The Labute approximate surface area is 236 Å². The van der Waals surface area contributed by atoms with Crippen LogP contribution in [0.4, 0.5) is 5.69 Å². The summed E-state index contributed by atoms with van der Waals surface area (Å²) >= 11 is 1.60. The maximum absolute atomic E-state index is 13.9. The van der Waals surface area contributed by atoms with Crippen molar-refractivity contribution in [3.8, 4) is 11.5 Å². The molecule has 1 heterocycles. The van der Waals surface area contributed by atoms with Crippen LogP contribution in [0.15, 0.2) is 77.7 Å². The number of hydrogen-bond donors (Lipinski definition) is 1. The van der Waals surface area contributed by atoms with E-state index in [1.165, 1.54) is 18.4 Å². The second kappa shape index (κ2) is 12.6. The van der Waals surface area contributed by atoms with Crippen LogP contribution in [0.25, 0.3) is 6.08 Å². The molecule has 3 aromatic carbocycles. The minimum absolute atomic E-state index is 0.102. The number of aryl methyl sites for hydroxylation is 1. The van der Waals surface area contributed by atoms with E-state index in [1.807, 2.05) is 55.5 Å². The van der Waals surface area contributed by atoms with E-state index < -0.39 is 0 Å². The molecule has 1 unspecified atom stereocenters. The minimum Gasteiger partial charge on any atom is -0.490 e. The molecule has 6 heteroatoms. The lowest BCUT2D eigenvalue weighted by Crippen LogP contribution is -2.48. The molecule has 1 amide bonds. The van der Waals surface area contributed by atoms with Gasteiger partial charge >= 0.3 is 0 Å². The number of ether oxygens (including phenoxy) is 2. The molecule has 1 N–H and O–H groups in total. The number of anilines is 1. The molecule has 0 spiro atoms. The molecule has 2 aliphatic rings. The number of carbonyl (C=O) groups excluding carboxylic acids is 1. The fourth-order valence-electron chi connectivity index (χ4n) is 5.48.